The van der Waals surface area contributed by atoms with Gasteiger partial charge in [0.05, 0.1) is 28.5 Å². The van der Waals surface area contributed by atoms with Crippen molar-refractivity contribution in [1.82, 2.24) is 74.8 Å². The summed E-state index contributed by atoms with van der Waals surface area (Å²) in [5.74, 6) is 6.81. The van der Waals surface area contributed by atoms with E-state index in [4.69, 9.17) is 61.5 Å². The Balaban J connectivity index is 0.000000160. The molecule has 140 heavy (non-hydrogen) atoms. The summed E-state index contributed by atoms with van der Waals surface area (Å²) in [5.41, 5.74) is 15.1. The molecule has 20 aromatic rings. The van der Waals surface area contributed by atoms with Gasteiger partial charge in [-0.05, 0) is 166 Å². The number of fused-ring (bicyclic) bond motifs is 1. The molecule has 0 bridgehead atoms. The van der Waals surface area contributed by atoms with E-state index in [-0.39, 0.29) is 112 Å². The molecule has 0 saturated heterocycles. The second-order valence-electron chi connectivity index (χ2n) is 33.2. The predicted molar refractivity (Wildman–Crippen MR) is 529 cm³/mol. The maximum absolute atomic E-state index is 11.7. The first kappa shape index (κ1) is 103. The van der Waals surface area contributed by atoms with Gasteiger partial charge >= 0.3 is 21.1 Å². The molecule has 0 aliphatic carbocycles. The third-order valence-electron chi connectivity index (χ3n) is 21.3. The molecule has 0 spiro atoms. The van der Waals surface area contributed by atoms with Gasteiger partial charge in [0, 0.05) is 158 Å². The zero-order chi connectivity index (χ0) is 94.1. The standard InChI is InChI=1S/C39H36N5O2.C32H23N4O2.C21H14N3O2.C21H14N3OS.4Pt/c1-38(2,3)29-23-31(34(45)32(24-29)39(4,5)6)37-43-35(26-11-8-7-9-12-26)42-36(44-37)28-13-10-14-30(21-28)46-33-22-27(17-20-41-33)25-15-18-40-19-16-25;1-20-17-21(2)28(37)27(18-20)31-35-29(23-10-4-3-5-11-23)34-30(36-31)24-12-8-13-25(19-24)38-32-26-14-7-6-9-22(26)15-16-33-32;25-19-8-2-1-6-16(19)18-14-15(11-13-22-18)17-7-5-10-21(24-17)26-20-9-3-4-12-23-20;26-19-8-2-1-6-17(19)15-12-16(14-22-13-15)18-7-5-10-21(24-18)25-20-9-3-4-11-23-20;;;;/h7-20,22-24,45H,1-6H3;3-18,37H,1-2H3;1-13,25H;1-11,13-14,26H;;;;/q4*-1;;;;+2/p-1. The molecule has 0 aliphatic rings. The average molecular weight is 2580 g/mol. The van der Waals surface area contributed by atoms with Gasteiger partial charge in [0.1, 0.15) is 11.5 Å². The maximum Gasteiger partial charge on any atom is 2.00 e. The van der Waals surface area contributed by atoms with Crippen molar-refractivity contribution in [2.45, 2.75) is 71.1 Å². The molecule has 11 heterocycles. The predicted octanol–water partition coefficient (Wildman–Crippen LogP) is 25.8. The van der Waals surface area contributed by atoms with Crippen LogP contribution in [0.2, 0.25) is 0 Å². The van der Waals surface area contributed by atoms with Crippen LogP contribution in [0.25, 0.3) is 135 Å². The molecule has 0 radical (unpaired) electrons. The second kappa shape index (κ2) is 47.5. The minimum atomic E-state index is -0.305. The molecule has 11 aromatic heterocycles. The van der Waals surface area contributed by atoms with Crippen LogP contribution < -0.4 is 18.9 Å². The van der Waals surface area contributed by atoms with E-state index in [9.17, 15) is 15.3 Å². The number of phenolic OH excluding ortho intramolecular Hbond substituents is 3. The second-order valence-corrected chi connectivity index (χ2v) is 33.7. The molecule has 0 atom stereocenters. The molecule has 9 aromatic carbocycles. The summed E-state index contributed by atoms with van der Waals surface area (Å²) < 4.78 is 23.7. The third-order valence-corrected chi connectivity index (χ3v) is 21.6. The number of aryl methyl sites for hydroxylation is 2. The zero-order valence-corrected chi connectivity index (χ0v) is 86.3. The Morgan fingerprint density at radius 2 is 0.821 bits per heavy atom. The van der Waals surface area contributed by atoms with Gasteiger partial charge < -0.3 is 51.9 Å². The molecule has 3 N–H and O–H groups in total. The van der Waals surface area contributed by atoms with Gasteiger partial charge in [-0.15, -0.1) is 82.4 Å². The summed E-state index contributed by atoms with van der Waals surface area (Å²) in [6, 6.07) is 108. The summed E-state index contributed by atoms with van der Waals surface area (Å²) in [7, 11) is 0. The molecule has 704 valence electrons. The summed E-state index contributed by atoms with van der Waals surface area (Å²) in [4.78, 5) is 68.6. The number of phenols is 3. The number of benzene rings is 9. The van der Waals surface area contributed by atoms with Crippen LogP contribution in [0.1, 0.15) is 63.8 Å². The smallest absolute Gasteiger partial charge is 0.787 e. The molecule has 0 saturated carbocycles. The first-order valence-corrected chi connectivity index (χ1v) is 43.9. The van der Waals surface area contributed by atoms with Crippen molar-refractivity contribution in [3.05, 3.63) is 406 Å². The van der Waals surface area contributed by atoms with Crippen LogP contribution in [0.3, 0.4) is 0 Å². The molecule has 0 amide bonds. The fourth-order valence-corrected chi connectivity index (χ4v) is 14.7. The van der Waals surface area contributed by atoms with Crippen LogP contribution in [-0.2, 0) is 108 Å². The number of rotatable bonds is 19. The Hall–Kier alpha value is -14.8. The van der Waals surface area contributed by atoms with Gasteiger partial charge in [-0.3, -0.25) is 39.9 Å². The summed E-state index contributed by atoms with van der Waals surface area (Å²) >= 11 is 5.40. The van der Waals surface area contributed by atoms with Crippen LogP contribution in [0.5, 0.6) is 64.0 Å². The van der Waals surface area contributed by atoms with Crippen LogP contribution in [0.15, 0.2) is 364 Å². The average Bonchev–Trinajstić information content (AvgIpc) is 0.765. The maximum atomic E-state index is 11.7. The number of aromatic hydroxyl groups is 3. The zero-order valence-electron chi connectivity index (χ0n) is 76.4. The van der Waals surface area contributed by atoms with Crippen LogP contribution in [0, 0.1) is 38.1 Å². The molecule has 20 rings (SSSR count). The van der Waals surface area contributed by atoms with Crippen molar-refractivity contribution in [1.29, 1.82) is 0 Å². The molecule has 0 unspecified atom stereocenters. The van der Waals surface area contributed by atoms with E-state index < -0.39 is 0 Å². The van der Waals surface area contributed by atoms with Gasteiger partial charge in [0.2, 0.25) is 35.3 Å². The number of hydrogen-bond acceptors (Lipinski definition) is 23. The summed E-state index contributed by atoms with van der Waals surface area (Å²) in [5, 5.41) is 34.5. The van der Waals surface area contributed by atoms with E-state index in [2.05, 4.69) is 117 Å². The van der Waals surface area contributed by atoms with Crippen molar-refractivity contribution in [2.75, 3.05) is 0 Å². The normalized spacial score (nSPS) is 10.7. The molecule has 27 heteroatoms. The minimum absolute atomic E-state index is 0. The number of pyridine rings is 9. The number of para-hydroxylation sites is 1. The minimum Gasteiger partial charge on any atom is -0.787 e. The number of ether oxygens (including phenoxy) is 4. The van der Waals surface area contributed by atoms with E-state index in [1.807, 2.05) is 269 Å². The summed E-state index contributed by atoms with van der Waals surface area (Å²) in [6.07, 6.45) is 15.4. The molecular weight excluding hydrogens is 2490 g/mol. The van der Waals surface area contributed by atoms with E-state index in [0.717, 1.165) is 88.1 Å². The van der Waals surface area contributed by atoms with Gasteiger partial charge in [-0.2, -0.15) is 0 Å². The number of aromatic nitrogens is 15. The topological polar surface area (TPSA) is 291 Å². The van der Waals surface area contributed by atoms with Crippen LogP contribution in [0.4, 0.5) is 0 Å². The van der Waals surface area contributed by atoms with Crippen molar-refractivity contribution in [3.8, 4) is 188 Å². The Morgan fingerprint density at radius 3 is 1.42 bits per heavy atom. The van der Waals surface area contributed by atoms with Gasteiger partial charge in [0.15, 0.2) is 23.3 Å². The van der Waals surface area contributed by atoms with Crippen LogP contribution >= 0.6 is 0 Å². The fourth-order valence-electron chi connectivity index (χ4n) is 14.4. The fraction of sp³-hybridized carbons (Fsp3) is 0.0885. The van der Waals surface area contributed by atoms with Gasteiger partial charge in [0.25, 0.3) is 0 Å². The molecular formula is C113H86N15O7Pt4S-3. The summed E-state index contributed by atoms with van der Waals surface area (Å²) in [6.45, 7) is 16.6. The molecule has 0 aliphatic heterocycles. The van der Waals surface area contributed by atoms with E-state index >= 15 is 0 Å². The number of nitrogens with zero attached hydrogens (tertiary/aromatic N) is 15. The largest absolute Gasteiger partial charge is 2.00 e. The monoisotopic (exact) mass is 2580 g/mol. The van der Waals surface area contributed by atoms with Crippen LogP contribution in [-0.4, -0.2) is 90.1 Å². The van der Waals surface area contributed by atoms with Crippen molar-refractivity contribution >= 4 is 23.4 Å². The Labute approximate surface area is 874 Å². The van der Waals surface area contributed by atoms with Gasteiger partial charge in [-0.25, -0.2) is 34.8 Å². The molecule has 0 fully saturated rings. The van der Waals surface area contributed by atoms with Crippen molar-refractivity contribution in [2.24, 2.45) is 0 Å². The van der Waals surface area contributed by atoms with E-state index in [1.54, 1.807) is 98.2 Å². The quantitative estimate of drug-likeness (QED) is 0.0501. The van der Waals surface area contributed by atoms with E-state index in [0.29, 0.717) is 121 Å². The van der Waals surface area contributed by atoms with Crippen molar-refractivity contribution in [3.63, 3.8) is 0 Å². The van der Waals surface area contributed by atoms with Crippen molar-refractivity contribution < 1.29 is 119 Å². The first-order chi connectivity index (χ1) is 66.1. The number of hydrogen-bond donors (Lipinski definition) is 3. The Morgan fingerprint density at radius 1 is 0.314 bits per heavy atom. The first-order valence-electron chi connectivity index (χ1n) is 43.5. The molecule has 22 nitrogen and oxygen atoms in total. The van der Waals surface area contributed by atoms with Gasteiger partial charge in [-0.1, -0.05) is 229 Å². The third kappa shape index (κ3) is 26.0. The van der Waals surface area contributed by atoms with E-state index in [1.165, 1.54) is 0 Å². The Bertz CT molecular complexity index is 7470. The Kier molecular flexibility index (Phi) is 34.8. The SMILES string of the molecule is CC(C)(C)c1cc(-c2nc(-c3[c-]c(Oc4cc(-c5ccncc5)ccn4)ccc3)nc(-c3ccccc3)n2)c(O)c(C(C)(C)C)c1.Cc1cc(C)c(O)c(-c2nc(-c3[c-]c(Oc4nccc5ccccc45)ccc3)nc(-c3ccccc3)n2)c1.Oc1ccccc1-c1[c-]c(-c2cccc(Oc3ccccn3)n2)ccn1.[Pt+2].[Pt].[Pt].[Pt].[S-]c1ccccc1-c1[c-]c(-c2cccc(Oc3ccccn3)n2)cnc1.